The molecule has 1 amide bonds. The van der Waals surface area contributed by atoms with Crippen LogP contribution >= 0.6 is 0 Å². The zero-order valence-corrected chi connectivity index (χ0v) is 13.2. The Labute approximate surface area is 127 Å². The molecular formula is C17H27N3O. The molecule has 2 rings (SSSR count). The Morgan fingerprint density at radius 3 is 2.86 bits per heavy atom. The molecule has 0 bridgehead atoms. The molecule has 1 saturated heterocycles. The standard InChI is InChI=1S/C17H27N3O/c1-14-5-3-6-15(13-14)19-17(21)7-4-12-20(2)16-8-10-18-11-9-16/h3,5-6,13,16,18H,4,7-12H2,1-2H3,(H,19,21). The van der Waals surface area contributed by atoms with E-state index in [1.807, 2.05) is 31.2 Å². The third-order valence-electron chi connectivity index (χ3n) is 4.15. The van der Waals surface area contributed by atoms with Gasteiger partial charge in [-0.15, -0.1) is 0 Å². The van der Waals surface area contributed by atoms with Crippen molar-refractivity contribution in [3.05, 3.63) is 29.8 Å². The molecular weight excluding hydrogens is 262 g/mol. The van der Waals surface area contributed by atoms with Crippen molar-refractivity contribution in [1.29, 1.82) is 0 Å². The first-order valence-corrected chi connectivity index (χ1v) is 7.92. The van der Waals surface area contributed by atoms with Crippen molar-refractivity contribution in [3.63, 3.8) is 0 Å². The summed E-state index contributed by atoms with van der Waals surface area (Å²) < 4.78 is 0. The van der Waals surface area contributed by atoms with E-state index in [0.717, 1.165) is 31.7 Å². The molecule has 1 fully saturated rings. The summed E-state index contributed by atoms with van der Waals surface area (Å²) in [6.45, 7) is 5.25. The molecule has 0 unspecified atom stereocenters. The van der Waals surface area contributed by atoms with Crippen LogP contribution in [0.15, 0.2) is 24.3 Å². The molecule has 0 atom stereocenters. The SMILES string of the molecule is Cc1cccc(NC(=O)CCCN(C)C2CCNCC2)c1. The van der Waals surface area contributed by atoms with Gasteiger partial charge in [0, 0.05) is 18.2 Å². The number of rotatable bonds is 6. The fourth-order valence-corrected chi connectivity index (χ4v) is 2.87. The van der Waals surface area contributed by atoms with Gasteiger partial charge in [0.15, 0.2) is 0 Å². The second kappa shape index (κ2) is 8.15. The number of carbonyl (C=O) groups is 1. The predicted molar refractivity (Wildman–Crippen MR) is 87.6 cm³/mol. The Bertz CT molecular complexity index is 455. The lowest BCUT2D eigenvalue weighted by molar-refractivity contribution is -0.116. The van der Waals surface area contributed by atoms with E-state index in [-0.39, 0.29) is 5.91 Å². The van der Waals surface area contributed by atoms with Gasteiger partial charge in [-0.05, 0) is 70.6 Å². The zero-order valence-electron chi connectivity index (χ0n) is 13.2. The van der Waals surface area contributed by atoms with Crippen LogP contribution in [0.3, 0.4) is 0 Å². The van der Waals surface area contributed by atoms with E-state index >= 15 is 0 Å². The number of amides is 1. The Kier molecular flexibility index (Phi) is 6.21. The Morgan fingerprint density at radius 1 is 1.38 bits per heavy atom. The lowest BCUT2D eigenvalue weighted by atomic mass is 10.1. The molecule has 116 valence electrons. The maximum absolute atomic E-state index is 11.9. The number of nitrogens with one attached hydrogen (secondary N) is 2. The van der Waals surface area contributed by atoms with Crippen molar-refractivity contribution >= 4 is 11.6 Å². The minimum atomic E-state index is 0.110. The summed E-state index contributed by atoms with van der Waals surface area (Å²) in [4.78, 5) is 14.3. The van der Waals surface area contributed by atoms with Crippen molar-refractivity contribution < 1.29 is 4.79 Å². The van der Waals surface area contributed by atoms with E-state index in [4.69, 9.17) is 0 Å². The van der Waals surface area contributed by atoms with Gasteiger partial charge in [0.1, 0.15) is 0 Å². The molecule has 1 aliphatic rings. The molecule has 4 nitrogen and oxygen atoms in total. The molecule has 1 aromatic carbocycles. The van der Waals surface area contributed by atoms with Gasteiger partial charge in [-0.2, -0.15) is 0 Å². The summed E-state index contributed by atoms with van der Waals surface area (Å²) in [5.41, 5.74) is 2.06. The van der Waals surface area contributed by atoms with Crippen LogP contribution in [0.5, 0.6) is 0 Å². The second-order valence-electron chi connectivity index (χ2n) is 5.98. The third-order valence-corrected chi connectivity index (χ3v) is 4.15. The summed E-state index contributed by atoms with van der Waals surface area (Å²) >= 11 is 0. The van der Waals surface area contributed by atoms with Crippen molar-refractivity contribution in [2.24, 2.45) is 0 Å². The highest BCUT2D eigenvalue weighted by Crippen LogP contribution is 2.12. The van der Waals surface area contributed by atoms with Gasteiger partial charge in [0.25, 0.3) is 0 Å². The van der Waals surface area contributed by atoms with Crippen LogP contribution in [0.2, 0.25) is 0 Å². The van der Waals surface area contributed by atoms with Gasteiger partial charge >= 0.3 is 0 Å². The van der Waals surface area contributed by atoms with E-state index in [2.05, 4.69) is 22.6 Å². The van der Waals surface area contributed by atoms with Crippen LogP contribution in [-0.4, -0.2) is 43.5 Å². The topological polar surface area (TPSA) is 44.4 Å². The maximum Gasteiger partial charge on any atom is 0.224 e. The molecule has 0 saturated carbocycles. The van der Waals surface area contributed by atoms with Crippen LogP contribution in [-0.2, 0) is 4.79 Å². The normalized spacial score (nSPS) is 16.1. The van der Waals surface area contributed by atoms with E-state index in [0.29, 0.717) is 12.5 Å². The molecule has 0 aliphatic carbocycles. The van der Waals surface area contributed by atoms with Gasteiger partial charge < -0.3 is 15.5 Å². The lowest BCUT2D eigenvalue weighted by Gasteiger charge is -2.31. The van der Waals surface area contributed by atoms with Crippen LogP contribution in [0.1, 0.15) is 31.2 Å². The van der Waals surface area contributed by atoms with Crippen molar-refractivity contribution in [2.75, 3.05) is 32.0 Å². The van der Waals surface area contributed by atoms with Gasteiger partial charge in [0.2, 0.25) is 5.91 Å². The second-order valence-corrected chi connectivity index (χ2v) is 5.98. The number of hydrogen-bond donors (Lipinski definition) is 2. The Hall–Kier alpha value is -1.39. The fraction of sp³-hybridized carbons (Fsp3) is 0.588. The Balaban J connectivity index is 1.66. The summed E-state index contributed by atoms with van der Waals surface area (Å²) in [5, 5.41) is 6.35. The summed E-state index contributed by atoms with van der Waals surface area (Å²) in [5.74, 6) is 0.110. The lowest BCUT2D eigenvalue weighted by Crippen LogP contribution is -2.41. The van der Waals surface area contributed by atoms with E-state index in [1.165, 1.54) is 18.4 Å². The number of nitrogens with zero attached hydrogens (tertiary/aromatic N) is 1. The average Bonchev–Trinajstić information content (AvgIpc) is 2.48. The third kappa shape index (κ3) is 5.48. The molecule has 2 N–H and O–H groups in total. The minimum absolute atomic E-state index is 0.110. The molecule has 1 heterocycles. The monoisotopic (exact) mass is 289 g/mol. The van der Waals surface area contributed by atoms with E-state index in [9.17, 15) is 4.79 Å². The molecule has 1 aromatic rings. The van der Waals surface area contributed by atoms with Crippen LogP contribution in [0, 0.1) is 6.92 Å². The van der Waals surface area contributed by atoms with E-state index in [1.54, 1.807) is 0 Å². The van der Waals surface area contributed by atoms with E-state index < -0.39 is 0 Å². The molecule has 0 radical (unpaired) electrons. The highest BCUT2D eigenvalue weighted by Gasteiger charge is 2.17. The molecule has 4 heteroatoms. The van der Waals surface area contributed by atoms with Crippen LogP contribution in [0.25, 0.3) is 0 Å². The van der Waals surface area contributed by atoms with Crippen molar-refractivity contribution in [2.45, 2.75) is 38.6 Å². The first-order valence-electron chi connectivity index (χ1n) is 7.92. The Morgan fingerprint density at radius 2 is 2.14 bits per heavy atom. The molecule has 0 spiro atoms. The van der Waals surface area contributed by atoms with Gasteiger partial charge in [-0.25, -0.2) is 0 Å². The minimum Gasteiger partial charge on any atom is -0.326 e. The predicted octanol–water partition coefficient (Wildman–Crippen LogP) is 2.40. The first kappa shape index (κ1) is 16.0. The van der Waals surface area contributed by atoms with Crippen molar-refractivity contribution in [1.82, 2.24) is 10.2 Å². The van der Waals surface area contributed by atoms with Crippen LogP contribution in [0.4, 0.5) is 5.69 Å². The quantitative estimate of drug-likeness (QED) is 0.845. The fourth-order valence-electron chi connectivity index (χ4n) is 2.87. The number of hydrogen-bond acceptors (Lipinski definition) is 3. The smallest absolute Gasteiger partial charge is 0.224 e. The highest BCUT2D eigenvalue weighted by atomic mass is 16.1. The maximum atomic E-state index is 11.9. The summed E-state index contributed by atoms with van der Waals surface area (Å²) in [6.07, 6.45) is 3.93. The zero-order chi connectivity index (χ0) is 15.1. The van der Waals surface area contributed by atoms with Crippen molar-refractivity contribution in [3.8, 4) is 0 Å². The number of aryl methyl sites for hydroxylation is 1. The average molecular weight is 289 g/mol. The number of piperidine rings is 1. The van der Waals surface area contributed by atoms with Gasteiger partial charge in [0.05, 0.1) is 0 Å². The molecule has 21 heavy (non-hydrogen) atoms. The molecule has 1 aliphatic heterocycles. The largest absolute Gasteiger partial charge is 0.326 e. The first-order chi connectivity index (χ1) is 10.1. The number of anilines is 1. The highest BCUT2D eigenvalue weighted by molar-refractivity contribution is 5.90. The summed E-state index contributed by atoms with van der Waals surface area (Å²) in [6, 6.07) is 8.61. The number of benzene rings is 1. The summed E-state index contributed by atoms with van der Waals surface area (Å²) in [7, 11) is 2.18. The number of carbonyl (C=O) groups excluding carboxylic acids is 1. The van der Waals surface area contributed by atoms with Gasteiger partial charge in [-0.1, -0.05) is 12.1 Å². The van der Waals surface area contributed by atoms with Crippen LogP contribution < -0.4 is 10.6 Å². The van der Waals surface area contributed by atoms with Gasteiger partial charge in [-0.3, -0.25) is 4.79 Å². The molecule has 0 aromatic heterocycles.